The minimum atomic E-state index is -1.87. The summed E-state index contributed by atoms with van der Waals surface area (Å²) >= 11 is 28.5. The van der Waals surface area contributed by atoms with Crippen LogP contribution >= 0.6 is 79.6 Å². The van der Waals surface area contributed by atoms with Crippen molar-refractivity contribution in [2.45, 2.75) is 16.7 Å². The first kappa shape index (κ1) is 24.2. The van der Waals surface area contributed by atoms with E-state index < -0.39 is 11.3 Å². The van der Waals surface area contributed by atoms with Crippen molar-refractivity contribution in [3.63, 3.8) is 0 Å². The van der Waals surface area contributed by atoms with Gasteiger partial charge in [-0.1, -0.05) is 79.6 Å². The van der Waals surface area contributed by atoms with E-state index in [0.717, 1.165) is 15.4 Å². The Kier molecular flexibility index (Phi) is 8.82. The van der Waals surface area contributed by atoms with Crippen LogP contribution in [0.15, 0.2) is 58.3 Å². The van der Waals surface area contributed by atoms with Crippen LogP contribution in [0.5, 0.6) is 5.75 Å². The average Bonchev–Trinajstić information content (AvgIpc) is 2.67. The lowest BCUT2D eigenvalue weighted by molar-refractivity contribution is 0.567. The molecule has 0 heterocycles. The van der Waals surface area contributed by atoms with E-state index in [1.807, 2.05) is 19.1 Å². The van der Waals surface area contributed by atoms with Gasteiger partial charge in [0.15, 0.2) is 5.75 Å². The van der Waals surface area contributed by atoms with Gasteiger partial charge in [0.1, 0.15) is 0 Å². The summed E-state index contributed by atoms with van der Waals surface area (Å²) in [5, 5.41) is 1.97. The highest BCUT2D eigenvalue weighted by molar-refractivity contribution is 8.76. The summed E-state index contributed by atoms with van der Waals surface area (Å²) in [4.78, 5) is 1.77. The van der Waals surface area contributed by atoms with Gasteiger partial charge in [-0.3, -0.25) is 4.72 Å². The lowest BCUT2D eigenvalue weighted by Gasteiger charge is -2.11. The van der Waals surface area contributed by atoms with E-state index in [1.165, 1.54) is 21.6 Å². The van der Waals surface area contributed by atoms with Crippen molar-refractivity contribution in [1.82, 2.24) is 0 Å². The Balaban J connectivity index is 1.59. The second-order valence-corrected chi connectivity index (χ2v) is 11.0. The molecule has 0 aliphatic carbocycles. The Hall–Kier alpha value is -0.440. The van der Waals surface area contributed by atoms with Crippen LogP contribution in [0.1, 0.15) is 5.56 Å². The zero-order valence-electron chi connectivity index (χ0n) is 15.0. The maximum Gasteiger partial charge on any atom is 0.316 e. The van der Waals surface area contributed by atoms with Crippen molar-refractivity contribution in [1.29, 1.82) is 0 Å². The molecule has 3 aromatic carbocycles. The monoisotopic (exact) mass is 557 g/mol. The molecule has 1 N–H and O–H groups in total. The summed E-state index contributed by atoms with van der Waals surface area (Å²) < 4.78 is 20.4. The third-order valence-corrected chi connectivity index (χ3v) is 8.42. The van der Waals surface area contributed by atoms with Crippen molar-refractivity contribution in [2.24, 2.45) is 0 Å². The van der Waals surface area contributed by atoms with Gasteiger partial charge in [-0.25, -0.2) is 0 Å². The molecule has 0 aromatic heterocycles. The Morgan fingerprint density at radius 1 is 0.800 bits per heavy atom. The van der Waals surface area contributed by atoms with Gasteiger partial charge in [0.2, 0.25) is 0 Å². The van der Waals surface area contributed by atoms with Crippen LogP contribution in [0.4, 0.5) is 5.69 Å². The van der Waals surface area contributed by atoms with Crippen molar-refractivity contribution in [3.05, 3.63) is 79.2 Å². The quantitative estimate of drug-likeness (QED) is 0.231. The van der Waals surface area contributed by atoms with Crippen LogP contribution in [0, 0.1) is 6.92 Å². The van der Waals surface area contributed by atoms with Crippen LogP contribution in [0.25, 0.3) is 0 Å². The second-order valence-electron chi connectivity index (χ2n) is 5.87. The fraction of sp³-hybridized carbons (Fsp3) is 0.0526. The molecule has 0 saturated carbocycles. The van der Waals surface area contributed by atoms with E-state index in [2.05, 4.69) is 4.72 Å². The molecule has 11 heteroatoms. The van der Waals surface area contributed by atoms with Gasteiger partial charge in [-0.2, -0.15) is 4.21 Å². The first-order valence-electron chi connectivity index (χ1n) is 8.14. The number of rotatable bonds is 7. The summed E-state index contributed by atoms with van der Waals surface area (Å²) in [5.74, 6) is 0.164. The fourth-order valence-electron chi connectivity index (χ4n) is 2.20. The summed E-state index contributed by atoms with van der Waals surface area (Å²) in [7, 11) is 2.95. The van der Waals surface area contributed by atoms with Gasteiger partial charge >= 0.3 is 11.3 Å². The zero-order chi connectivity index (χ0) is 21.8. The summed E-state index contributed by atoms with van der Waals surface area (Å²) in [6.45, 7) is 1.85. The molecule has 0 radical (unpaired) electrons. The Labute approximate surface area is 209 Å². The first-order valence-corrected chi connectivity index (χ1v) is 13.3. The molecule has 1 atom stereocenters. The van der Waals surface area contributed by atoms with Crippen molar-refractivity contribution in [2.75, 3.05) is 4.72 Å². The number of halogens is 5. The minimum Gasteiger partial charge on any atom is -0.382 e. The van der Waals surface area contributed by atoms with Crippen molar-refractivity contribution >= 4 is 96.5 Å². The molecule has 158 valence electrons. The predicted octanol–water partition coefficient (Wildman–Crippen LogP) is 9.13. The van der Waals surface area contributed by atoms with Gasteiger partial charge < -0.3 is 4.18 Å². The SMILES string of the molecule is Cc1cc(Cl)c(OS(=O)Nc2ccc(SSc3cc(Cl)c(Cl)cc3Cl)cc2)c(Cl)c1. The minimum absolute atomic E-state index is 0.164. The van der Waals surface area contributed by atoms with E-state index in [0.29, 0.717) is 30.8 Å². The third-order valence-electron chi connectivity index (χ3n) is 3.56. The van der Waals surface area contributed by atoms with Gasteiger partial charge in [0, 0.05) is 15.5 Å². The molecular weight excluding hydrogens is 548 g/mol. The van der Waals surface area contributed by atoms with E-state index in [1.54, 1.807) is 36.4 Å². The molecule has 30 heavy (non-hydrogen) atoms. The molecule has 3 nitrogen and oxygen atoms in total. The maximum atomic E-state index is 12.3. The number of hydrogen-bond donors (Lipinski definition) is 1. The van der Waals surface area contributed by atoms with Gasteiger partial charge in [0.25, 0.3) is 0 Å². The van der Waals surface area contributed by atoms with Gasteiger partial charge in [-0.15, -0.1) is 0 Å². The molecule has 3 rings (SSSR count). The molecule has 1 unspecified atom stereocenters. The Morgan fingerprint density at radius 3 is 2.03 bits per heavy atom. The Morgan fingerprint density at radius 2 is 1.40 bits per heavy atom. The number of anilines is 1. The van der Waals surface area contributed by atoms with Crippen LogP contribution in [-0.2, 0) is 11.3 Å². The maximum absolute atomic E-state index is 12.3. The summed E-state index contributed by atoms with van der Waals surface area (Å²) in [6, 6.07) is 14.0. The Bertz CT molecular complexity index is 1070. The molecule has 0 fully saturated rings. The fourth-order valence-corrected chi connectivity index (χ4v) is 6.57. The van der Waals surface area contributed by atoms with Gasteiger partial charge in [-0.05, 0) is 61.0 Å². The number of hydrogen-bond acceptors (Lipinski definition) is 4. The zero-order valence-corrected chi connectivity index (χ0v) is 21.3. The lowest BCUT2D eigenvalue weighted by atomic mass is 10.2. The molecule has 0 amide bonds. The smallest absolute Gasteiger partial charge is 0.316 e. The third kappa shape index (κ3) is 6.53. The summed E-state index contributed by atoms with van der Waals surface area (Å²) in [6.07, 6.45) is 0. The number of benzene rings is 3. The molecule has 0 aliphatic rings. The first-order chi connectivity index (χ1) is 14.2. The largest absolute Gasteiger partial charge is 0.382 e. The summed E-state index contributed by atoms with van der Waals surface area (Å²) in [5.41, 5.74) is 1.49. The van der Waals surface area contributed by atoms with Crippen LogP contribution in [0.2, 0.25) is 25.1 Å². The number of aryl methyl sites for hydroxylation is 1. The molecular formula is C19H12Cl5NO2S3. The van der Waals surface area contributed by atoms with Crippen LogP contribution in [-0.4, -0.2) is 4.21 Å². The lowest BCUT2D eigenvalue weighted by Crippen LogP contribution is -2.11. The van der Waals surface area contributed by atoms with Crippen LogP contribution in [0.3, 0.4) is 0 Å². The molecule has 0 saturated heterocycles. The van der Waals surface area contributed by atoms with E-state index in [-0.39, 0.29) is 5.75 Å². The number of nitrogens with one attached hydrogen (secondary N) is 1. The van der Waals surface area contributed by atoms with Gasteiger partial charge in [0.05, 0.1) is 25.1 Å². The van der Waals surface area contributed by atoms with Crippen molar-refractivity contribution < 1.29 is 8.39 Å². The highest BCUT2D eigenvalue weighted by Crippen LogP contribution is 2.43. The molecule has 3 aromatic rings. The topological polar surface area (TPSA) is 38.3 Å². The molecule has 0 bridgehead atoms. The normalized spacial score (nSPS) is 11.9. The molecule has 0 aliphatic heterocycles. The second kappa shape index (κ2) is 10.9. The highest BCUT2D eigenvalue weighted by Gasteiger charge is 2.13. The van der Waals surface area contributed by atoms with E-state index in [9.17, 15) is 4.21 Å². The predicted molar refractivity (Wildman–Crippen MR) is 133 cm³/mol. The van der Waals surface area contributed by atoms with Crippen LogP contribution < -0.4 is 8.91 Å². The standard InChI is InChI=1S/C19H12Cl5NO2S3/c1-10-6-16(23)19(17(24)7-10)27-30(26)25-11-2-4-12(5-3-11)28-29-18-9-14(21)13(20)8-15(18)22/h2-9,25H,1H3. The average molecular weight is 560 g/mol. The van der Waals surface area contributed by atoms with E-state index >= 15 is 0 Å². The van der Waals surface area contributed by atoms with Crippen molar-refractivity contribution in [3.8, 4) is 5.75 Å². The molecule has 0 spiro atoms. The van der Waals surface area contributed by atoms with E-state index in [4.69, 9.17) is 62.2 Å². The highest BCUT2D eigenvalue weighted by atomic mass is 35.5.